The van der Waals surface area contributed by atoms with Crippen molar-refractivity contribution >= 4 is 17.6 Å². The standard InChI is InChI=1S/C19H15F5N2O4/c20-8-11(9-25)10-29-14-5-6-15(16(7-14)30-18(28)19(22,23)24)17(27)26-13-3-1-12(21)2-4-13/h1-8H,9-10,25H2,(H,26,27)/b11-8-. The zero-order valence-corrected chi connectivity index (χ0v) is 15.1. The van der Waals surface area contributed by atoms with E-state index >= 15 is 0 Å². The number of benzene rings is 2. The highest BCUT2D eigenvalue weighted by Gasteiger charge is 2.42. The third-order valence-corrected chi connectivity index (χ3v) is 3.57. The second kappa shape index (κ2) is 9.83. The Kier molecular flexibility index (Phi) is 7.48. The predicted octanol–water partition coefficient (Wildman–Crippen LogP) is 3.74. The molecule has 0 fully saturated rings. The molecular weight excluding hydrogens is 415 g/mol. The summed E-state index contributed by atoms with van der Waals surface area (Å²) in [5.74, 6) is -4.89. The van der Waals surface area contributed by atoms with Gasteiger partial charge in [-0.25, -0.2) is 13.6 Å². The van der Waals surface area contributed by atoms with E-state index in [-0.39, 0.29) is 36.5 Å². The number of hydrogen-bond donors (Lipinski definition) is 2. The molecule has 2 aromatic rings. The van der Waals surface area contributed by atoms with Gasteiger partial charge in [0, 0.05) is 23.9 Å². The summed E-state index contributed by atoms with van der Waals surface area (Å²) in [5.41, 5.74) is 5.06. The third-order valence-electron chi connectivity index (χ3n) is 3.57. The monoisotopic (exact) mass is 430 g/mol. The van der Waals surface area contributed by atoms with Crippen LogP contribution in [0.15, 0.2) is 54.4 Å². The van der Waals surface area contributed by atoms with Crippen molar-refractivity contribution in [2.24, 2.45) is 5.73 Å². The second-order valence-corrected chi connectivity index (χ2v) is 5.77. The average molecular weight is 430 g/mol. The maximum Gasteiger partial charge on any atom is 0.491 e. The Morgan fingerprint density at radius 2 is 1.77 bits per heavy atom. The fourth-order valence-electron chi connectivity index (χ4n) is 2.06. The van der Waals surface area contributed by atoms with E-state index in [2.05, 4.69) is 10.1 Å². The molecule has 0 unspecified atom stereocenters. The van der Waals surface area contributed by atoms with Gasteiger partial charge in [-0.1, -0.05) is 0 Å². The molecule has 0 heterocycles. The van der Waals surface area contributed by atoms with Crippen molar-refractivity contribution in [2.45, 2.75) is 6.18 Å². The average Bonchev–Trinajstić information content (AvgIpc) is 2.70. The Morgan fingerprint density at radius 1 is 1.10 bits per heavy atom. The number of nitrogens with two attached hydrogens (primary N) is 1. The number of alkyl halides is 3. The van der Waals surface area contributed by atoms with E-state index in [4.69, 9.17) is 10.5 Å². The maximum atomic E-state index is 13.0. The Hall–Kier alpha value is -3.47. The fourth-order valence-corrected chi connectivity index (χ4v) is 2.06. The molecule has 2 rings (SSSR count). The highest BCUT2D eigenvalue weighted by Crippen LogP contribution is 2.29. The van der Waals surface area contributed by atoms with Crippen molar-refractivity contribution in [3.05, 3.63) is 65.7 Å². The van der Waals surface area contributed by atoms with E-state index in [1.165, 1.54) is 18.2 Å². The molecular formula is C19H15F5N2O4. The number of carbonyl (C=O) groups is 2. The molecule has 160 valence electrons. The smallest absolute Gasteiger partial charge is 0.489 e. The lowest BCUT2D eigenvalue weighted by atomic mass is 10.1. The van der Waals surface area contributed by atoms with Gasteiger partial charge >= 0.3 is 12.1 Å². The molecule has 11 heteroatoms. The van der Waals surface area contributed by atoms with Crippen molar-refractivity contribution in [1.82, 2.24) is 0 Å². The minimum atomic E-state index is -5.31. The molecule has 1 amide bonds. The lowest BCUT2D eigenvalue weighted by molar-refractivity contribution is -0.189. The van der Waals surface area contributed by atoms with Gasteiger partial charge in [0.15, 0.2) is 0 Å². The molecule has 0 aromatic heterocycles. The minimum Gasteiger partial charge on any atom is -0.489 e. The quantitative estimate of drug-likeness (QED) is 0.397. The van der Waals surface area contributed by atoms with Crippen LogP contribution in [-0.4, -0.2) is 31.2 Å². The van der Waals surface area contributed by atoms with Crippen LogP contribution in [0.2, 0.25) is 0 Å². The van der Waals surface area contributed by atoms with Crippen LogP contribution in [0.4, 0.5) is 27.6 Å². The van der Waals surface area contributed by atoms with Gasteiger partial charge in [-0.3, -0.25) is 4.79 Å². The van der Waals surface area contributed by atoms with Gasteiger partial charge < -0.3 is 20.5 Å². The second-order valence-electron chi connectivity index (χ2n) is 5.77. The van der Waals surface area contributed by atoms with E-state index in [1.54, 1.807) is 0 Å². The highest BCUT2D eigenvalue weighted by atomic mass is 19.4. The largest absolute Gasteiger partial charge is 0.491 e. The number of ether oxygens (including phenoxy) is 2. The van der Waals surface area contributed by atoms with E-state index < -0.39 is 35.2 Å². The van der Waals surface area contributed by atoms with Gasteiger partial charge in [-0.15, -0.1) is 0 Å². The number of nitrogens with one attached hydrogen (secondary N) is 1. The van der Waals surface area contributed by atoms with Crippen LogP contribution in [0, 0.1) is 5.82 Å². The van der Waals surface area contributed by atoms with Crippen LogP contribution in [0.25, 0.3) is 0 Å². The number of halogens is 5. The normalized spacial score (nSPS) is 11.7. The summed E-state index contributed by atoms with van der Waals surface area (Å²) in [6.45, 7) is -0.481. The number of hydrogen-bond acceptors (Lipinski definition) is 5. The molecule has 2 aromatic carbocycles. The third kappa shape index (κ3) is 6.27. The van der Waals surface area contributed by atoms with Crippen LogP contribution in [-0.2, 0) is 4.79 Å². The van der Waals surface area contributed by atoms with Gasteiger partial charge in [0.2, 0.25) is 0 Å². The fraction of sp³-hybridized carbons (Fsp3) is 0.158. The SMILES string of the molecule is NC/C(=C/F)COc1ccc(C(=O)Nc2ccc(F)cc2)c(OC(=O)C(F)(F)F)c1. The molecule has 6 nitrogen and oxygen atoms in total. The van der Waals surface area contributed by atoms with Crippen LogP contribution < -0.4 is 20.5 Å². The lowest BCUT2D eigenvalue weighted by Crippen LogP contribution is -2.29. The first-order chi connectivity index (χ1) is 14.1. The van der Waals surface area contributed by atoms with Crippen molar-refractivity contribution in [2.75, 3.05) is 18.5 Å². The van der Waals surface area contributed by atoms with E-state index in [0.717, 1.165) is 24.3 Å². The van der Waals surface area contributed by atoms with Gasteiger partial charge in [0.05, 0.1) is 11.9 Å². The zero-order chi connectivity index (χ0) is 22.3. The van der Waals surface area contributed by atoms with Crippen molar-refractivity contribution < 1.29 is 41.0 Å². The van der Waals surface area contributed by atoms with Crippen molar-refractivity contribution in [3.8, 4) is 11.5 Å². The molecule has 0 atom stereocenters. The Balaban J connectivity index is 2.30. The molecule has 3 N–H and O–H groups in total. The van der Waals surface area contributed by atoms with Gasteiger partial charge in [-0.05, 0) is 36.4 Å². The Labute approximate surface area is 167 Å². The summed E-state index contributed by atoms with van der Waals surface area (Å²) in [6, 6.07) is 7.70. The van der Waals surface area contributed by atoms with E-state index in [9.17, 15) is 31.5 Å². The van der Waals surface area contributed by atoms with Gasteiger partial charge in [0.1, 0.15) is 23.9 Å². The molecule has 0 aliphatic heterocycles. The molecule has 0 saturated carbocycles. The van der Waals surface area contributed by atoms with E-state index in [0.29, 0.717) is 0 Å². The van der Waals surface area contributed by atoms with Gasteiger partial charge in [0.25, 0.3) is 5.91 Å². The lowest BCUT2D eigenvalue weighted by Gasteiger charge is -2.14. The number of rotatable bonds is 7. The number of amides is 1. The number of anilines is 1. The zero-order valence-electron chi connectivity index (χ0n) is 15.1. The summed E-state index contributed by atoms with van der Waals surface area (Å²) >= 11 is 0. The molecule has 0 spiro atoms. The summed E-state index contributed by atoms with van der Waals surface area (Å²) in [5, 5.41) is 2.33. The predicted molar refractivity (Wildman–Crippen MR) is 96.2 cm³/mol. The van der Waals surface area contributed by atoms with E-state index in [1.807, 2.05) is 0 Å². The molecule has 0 aliphatic rings. The maximum absolute atomic E-state index is 13.0. The summed E-state index contributed by atoms with van der Waals surface area (Å²) in [4.78, 5) is 23.7. The van der Waals surface area contributed by atoms with Crippen LogP contribution >= 0.6 is 0 Å². The topological polar surface area (TPSA) is 90.7 Å². The van der Waals surface area contributed by atoms with Crippen LogP contribution in [0.1, 0.15) is 10.4 Å². The number of esters is 1. The molecule has 0 bridgehead atoms. The van der Waals surface area contributed by atoms with Crippen LogP contribution in [0.5, 0.6) is 11.5 Å². The van der Waals surface area contributed by atoms with Crippen molar-refractivity contribution in [3.63, 3.8) is 0 Å². The summed E-state index contributed by atoms with van der Waals surface area (Å²) in [7, 11) is 0. The van der Waals surface area contributed by atoms with Crippen LogP contribution in [0.3, 0.4) is 0 Å². The van der Waals surface area contributed by atoms with Crippen molar-refractivity contribution in [1.29, 1.82) is 0 Å². The molecule has 0 aliphatic carbocycles. The Morgan fingerprint density at radius 3 is 2.33 bits per heavy atom. The van der Waals surface area contributed by atoms with Gasteiger partial charge in [-0.2, -0.15) is 13.2 Å². The Bertz CT molecular complexity index is 943. The molecule has 0 radical (unpaired) electrons. The summed E-state index contributed by atoms with van der Waals surface area (Å²) in [6.07, 6.45) is -5.10. The first kappa shape index (κ1) is 22.8. The molecule has 0 saturated heterocycles. The first-order valence-electron chi connectivity index (χ1n) is 8.25. The first-order valence-corrected chi connectivity index (χ1v) is 8.25. The number of carbonyl (C=O) groups excluding carboxylic acids is 2. The highest BCUT2D eigenvalue weighted by molar-refractivity contribution is 6.06. The summed E-state index contributed by atoms with van der Waals surface area (Å²) < 4.78 is 72.8. The minimum absolute atomic E-state index is 0.0574. The molecule has 30 heavy (non-hydrogen) atoms.